The van der Waals surface area contributed by atoms with Gasteiger partial charge >= 0.3 is 6.18 Å². The maximum absolute atomic E-state index is 12.9. The van der Waals surface area contributed by atoms with E-state index in [2.05, 4.69) is 5.32 Å². The van der Waals surface area contributed by atoms with Crippen LogP contribution in [0.2, 0.25) is 5.02 Å². The number of aryl methyl sites for hydroxylation is 1. The zero-order chi connectivity index (χ0) is 21.9. The van der Waals surface area contributed by atoms with Gasteiger partial charge < -0.3 is 9.73 Å². The summed E-state index contributed by atoms with van der Waals surface area (Å²) in [6.45, 7) is 1.81. The first-order valence-electron chi connectivity index (χ1n) is 8.64. The first-order chi connectivity index (χ1) is 14.2. The predicted octanol–water partition coefficient (Wildman–Crippen LogP) is 6.47. The van der Waals surface area contributed by atoms with Gasteiger partial charge in [0.05, 0.1) is 5.56 Å². The molecule has 0 aliphatic carbocycles. The number of anilines is 1. The molecule has 3 rings (SSSR count). The predicted molar refractivity (Wildman–Crippen MR) is 108 cm³/mol. The highest BCUT2D eigenvalue weighted by Crippen LogP contribution is 2.33. The Balaban J connectivity index is 1.82. The molecule has 0 bridgehead atoms. The Morgan fingerprint density at radius 1 is 1.17 bits per heavy atom. The van der Waals surface area contributed by atoms with Gasteiger partial charge in [0.15, 0.2) is 0 Å². The summed E-state index contributed by atoms with van der Waals surface area (Å²) < 4.78 is 44.2. The van der Waals surface area contributed by atoms with E-state index in [4.69, 9.17) is 16.0 Å². The summed E-state index contributed by atoms with van der Waals surface area (Å²) in [6, 6.07) is 14.3. The minimum atomic E-state index is -4.48. The first-order valence-corrected chi connectivity index (χ1v) is 9.02. The largest absolute Gasteiger partial charge is 0.457 e. The van der Waals surface area contributed by atoms with Crippen molar-refractivity contribution >= 4 is 29.3 Å². The standard InChI is InChI=1S/C22H14ClF3N2O2/c1-13-5-6-17(11-19(13)23)28-21(29)15(12-27)10-18-7-8-20(30-18)14-3-2-4-16(9-14)22(24,25)26/h2-11H,1H3,(H,28,29). The monoisotopic (exact) mass is 430 g/mol. The van der Waals surface area contributed by atoms with Gasteiger partial charge in [-0.15, -0.1) is 0 Å². The Hall–Kier alpha value is -3.50. The van der Waals surface area contributed by atoms with E-state index in [0.717, 1.165) is 17.7 Å². The Morgan fingerprint density at radius 2 is 1.93 bits per heavy atom. The van der Waals surface area contributed by atoms with Crippen molar-refractivity contribution in [3.63, 3.8) is 0 Å². The number of halogens is 4. The molecule has 4 nitrogen and oxygen atoms in total. The molecule has 30 heavy (non-hydrogen) atoms. The number of carbonyl (C=O) groups is 1. The van der Waals surface area contributed by atoms with E-state index in [1.54, 1.807) is 24.3 Å². The van der Waals surface area contributed by atoms with Crippen molar-refractivity contribution in [1.82, 2.24) is 0 Å². The maximum atomic E-state index is 12.9. The second-order valence-corrected chi connectivity index (χ2v) is 6.78. The fourth-order valence-corrected chi connectivity index (χ4v) is 2.77. The van der Waals surface area contributed by atoms with Crippen molar-refractivity contribution in [2.24, 2.45) is 0 Å². The smallest absolute Gasteiger partial charge is 0.416 e. The van der Waals surface area contributed by atoms with E-state index in [1.165, 1.54) is 30.3 Å². The lowest BCUT2D eigenvalue weighted by Crippen LogP contribution is -2.13. The number of nitrogens with zero attached hydrogens (tertiary/aromatic N) is 1. The molecule has 2 aromatic carbocycles. The van der Waals surface area contributed by atoms with Gasteiger partial charge in [0.25, 0.3) is 5.91 Å². The Bertz CT molecular complexity index is 1170. The van der Waals surface area contributed by atoms with Crippen molar-refractivity contribution < 1.29 is 22.4 Å². The Morgan fingerprint density at radius 3 is 2.60 bits per heavy atom. The third-order valence-corrected chi connectivity index (χ3v) is 4.59. The molecule has 0 spiro atoms. The minimum absolute atomic E-state index is 0.149. The van der Waals surface area contributed by atoms with E-state index in [1.807, 2.05) is 6.92 Å². The van der Waals surface area contributed by atoms with Gasteiger partial charge in [-0.3, -0.25) is 4.79 Å². The molecule has 0 aliphatic rings. The number of alkyl halides is 3. The highest BCUT2D eigenvalue weighted by atomic mass is 35.5. The molecule has 152 valence electrons. The zero-order valence-corrected chi connectivity index (χ0v) is 16.3. The lowest BCUT2D eigenvalue weighted by Gasteiger charge is -2.07. The van der Waals surface area contributed by atoms with Crippen LogP contribution in [-0.2, 0) is 11.0 Å². The third kappa shape index (κ3) is 4.91. The van der Waals surface area contributed by atoms with Crippen LogP contribution < -0.4 is 5.32 Å². The van der Waals surface area contributed by atoms with Crippen LogP contribution in [0.4, 0.5) is 18.9 Å². The number of nitrogens with one attached hydrogen (secondary N) is 1. The number of furan rings is 1. The molecule has 0 atom stereocenters. The second-order valence-electron chi connectivity index (χ2n) is 6.37. The second kappa shape index (κ2) is 8.47. The van der Waals surface area contributed by atoms with Gasteiger partial charge in [0, 0.05) is 22.3 Å². The molecule has 1 amide bonds. The maximum Gasteiger partial charge on any atom is 0.416 e. The summed E-state index contributed by atoms with van der Waals surface area (Å²) >= 11 is 6.02. The average molecular weight is 431 g/mol. The molecule has 0 unspecified atom stereocenters. The molecular weight excluding hydrogens is 417 g/mol. The fraction of sp³-hybridized carbons (Fsp3) is 0.0909. The number of hydrogen-bond acceptors (Lipinski definition) is 3. The average Bonchev–Trinajstić information content (AvgIpc) is 3.17. The quantitative estimate of drug-likeness (QED) is 0.381. The normalized spacial score (nSPS) is 11.8. The van der Waals surface area contributed by atoms with Crippen molar-refractivity contribution in [1.29, 1.82) is 5.26 Å². The molecule has 0 saturated heterocycles. The van der Waals surface area contributed by atoms with Crippen molar-refractivity contribution in [3.05, 3.63) is 82.1 Å². The number of benzene rings is 2. The van der Waals surface area contributed by atoms with E-state index in [-0.39, 0.29) is 22.7 Å². The van der Waals surface area contributed by atoms with Gasteiger partial charge in [0.2, 0.25) is 0 Å². The van der Waals surface area contributed by atoms with Crippen LogP contribution in [-0.4, -0.2) is 5.91 Å². The molecule has 3 aromatic rings. The van der Waals surface area contributed by atoms with Gasteiger partial charge in [0.1, 0.15) is 23.2 Å². The fourth-order valence-electron chi connectivity index (χ4n) is 2.59. The highest BCUT2D eigenvalue weighted by molar-refractivity contribution is 6.31. The summed E-state index contributed by atoms with van der Waals surface area (Å²) in [4.78, 5) is 12.4. The molecule has 0 aliphatic heterocycles. The van der Waals surface area contributed by atoms with Gasteiger partial charge in [-0.2, -0.15) is 18.4 Å². The Labute approximate surface area is 175 Å². The molecular formula is C22H14ClF3N2O2. The van der Waals surface area contributed by atoms with E-state index >= 15 is 0 Å². The summed E-state index contributed by atoms with van der Waals surface area (Å²) in [5.41, 5.74) is 0.435. The first kappa shape index (κ1) is 21.2. The van der Waals surface area contributed by atoms with Crippen LogP contribution in [0.25, 0.3) is 17.4 Å². The lowest BCUT2D eigenvalue weighted by molar-refractivity contribution is -0.137. The Kier molecular flexibility index (Phi) is 5.99. The summed E-state index contributed by atoms with van der Waals surface area (Å²) in [5, 5.41) is 12.3. The number of hydrogen-bond donors (Lipinski definition) is 1. The number of rotatable bonds is 4. The lowest BCUT2D eigenvalue weighted by atomic mass is 10.1. The highest BCUT2D eigenvalue weighted by Gasteiger charge is 2.30. The zero-order valence-electron chi connectivity index (χ0n) is 15.5. The molecule has 0 saturated carbocycles. The molecule has 1 aromatic heterocycles. The number of nitriles is 1. The van der Waals surface area contributed by atoms with E-state index < -0.39 is 17.6 Å². The SMILES string of the molecule is Cc1ccc(NC(=O)C(C#N)=Cc2ccc(-c3cccc(C(F)(F)F)c3)o2)cc1Cl. The minimum Gasteiger partial charge on any atom is -0.457 e. The van der Waals surface area contributed by atoms with Crippen molar-refractivity contribution in [2.75, 3.05) is 5.32 Å². The summed E-state index contributed by atoms with van der Waals surface area (Å²) in [6.07, 6.45) is -3.27. The van der Waals surface area contributed by atoms with Gasteiger partial charge in [-0.1, -0.05) is 29.8 Å². The molecule has 0 fully saturated rings. The van der Waals surface area contributed by atoms with E-state index in [0.29, 0.717) is 10.7 Å². The van der Waals surface area contributed by atoms with Crippen LogP contribution in [0.1, 0.15) is 16.9 Å². The molecule has 1 N–H and O–H groups in total. The van der Waals surface area contributed by atoms with Crippen LogP contribution in [0.15, 0.2) is 64.6 Å². The number of amides is 1. The van der Waals surface area contributed by atoms with Gasteiger partial charge in [-0.05, 0) is 48.9 Å². The van der Waals surface area contributed by atoms with Gasteiger partial charge in [-0.25, -0.2) is 0 Å². The van der Waals surface area contributed by atoms with Crippen LogP contribution >= 0.6 is 11.6 Å². The van der Waals surface area contributed by atoms with Crippen LogP contribution in [0, 0.1) is 18.3 Å². The molecule has 0 radical (unpaired) electrons. The van der Waals surface area contributed by atoms with Crippen LogP contribution in [0.5, 0.6) is 0 Å². The number of carbonyl (C=O) groups excluding carboxylic acids is 1. The summed E-state index contributed by atoms with van der Waals surface area (Å²) in [5.74, 6) is -0.346. The topological polar surface area (TPSA) is 66.0 Å². The summed E-state index contributed by atoms with van der Waals surface area (Å²) in [7, 11) is 0. The van der Waals surface area contributed by atoms with E-state index in [9.17, 15) is 23.2 Å². The molecule has 1 heterocycles. The third-order valence-electron chi connectivity index (χ3n) is 4.18. The van der Waals surface area contributed by atoms with Crippen molar-refractivity contribution in [2.45, 2.75) is 13.1 Å². The van der Waals surface area contributed by atoms with Crippen LogP contribution in [0.3, 0.4) is 0 Å². The molecule has 8 heteroatoms. The van der Waals surface area contributed by atoms with Crippen molar-refractivity contribution in [3.8, 4) is 17.4 Å².